The Morgan fingerprint density at radius 2 is 2.23 bits per heavy atom. The van der Waals surface area contributed by atoms with Gasteiger partial charge in [-0.2, -0.15) is 0 Å². The first-order chi connectivity index (χ1) is 6.20. The number of ether oxygens (including phenoxy) is 1. The van der Waals surface area contributed by atoms with Gasteiger partial charge >= 0.3 is 0 Å². The van der Waals surface area contributed by atoms with E-state index in [1.165, 1.54) is 7.11 Å². The van der Waals surface area contributed by atoms with Crippen molar-refractivity contribution in [2.75, 3.05) is 13.0 Å². The second kappa shape index (κ2) is 4.49. The van der Waals surface area contributed by atoms with Crippen molar-refractivity contribution in [3.63, 3.8) is 0 Å². The van der Waals surface area contributed by atoms with Crippen LogP contribution in [0.4, 0.5) is 0 Å². The molecular weight excluding hydrogens is 211 g/mol. The van der Waals surface area contributed by atoms with Crippen LogP contribution in [-0.2, 0) is 0 Å². The maximum Gasteiger partial charge on any atom is 0.182 e. The minimum Gasteiger partial charge on any atom is -0.496 e. The largest absolute Gasteiger partial charge is 0.496 e. The number of hydrogen-bond acceptors (Lipinski definition) is 2. The van der Waals surface area contributed by atoms with E-state index in [0.29, 0.717) is 16.3 Å². The van der Waals surface area contributed by atoms with Gasteiger partial charge < -0.3 is 4.74 Å². The third-order valence-electron chi connectivity index (χ3n) is 1.60. The van der Waals surface area contributed by atoms with Gasteiger partial charge in [-0.15, -0.1) is 11.6 Å². The van der Waals surface area contributed by atoms with Crippen LogP contribution in [0.2, 0.25) is 5.02 Å². The summed E-state index contributed by atoms with van der Waals surface area (Å²) in [4.78, 5) is 11.3. The molecular formula is C9H8Cl2O2. The molecule has 0 aliphatic carbocycles. The third kappa shape index (κ3) is 2.14. The van der Waals surface area contributed by atoms with Crippen LogP contribution in [0.1, 0.15) is 10.4 Å². The average molecular weight is 219 g/mol. The second-order valence-electron chi connectivity index (χ2n) is 2.37. The molecule has 0 unspecified atom stereocenters. The lowest BCUT2D eigenvalue weighted by atomic mass is 10.1. The number of benzene rings is 1. The molecule has 0 heterocycles. The molecule has 13 heavy (non-hydrogen) atoms. The Morgan fingerprint density at radius 3 is 2.77 bits per heavy atom. The van der Waals surface area contributed by atoms with Crippen LogP contribution >= 0.6 is 23.2 Å². The molecule has 2 nitrogen and oxygen atoms in total. The predicted molar refractivity (Wildman–Crippen MR) is 53.1 cm³/mol. The van der Waals surface area contributed by atoms with Gasteiger partial charge in [-0.25, -0.2) is 0 Å². The van der Waals surface area contributed by atoms with E-state index in [1.807, 2.05) is 0 Å². The Morgan fingerprint density at radius 1 is 1.54 bits per heavy atom. The fourth-order valence-corrected chi connectivity index (χ4v) is 1.42. The van der Waals surface area contributed by atoms with E-state index in [-0.39, 0.29) is 11.7 Å². The van der Waals surface area contributed by atoms with E-state index in [9.17, 15) is 4.79 Å². The van der Waals surface area contributed by atoms with Gasteiger partial charge in [0.1, 0.15) is 5.75 Å². The zero-order valence-electron chi connectivity index (χ0n) is 7.01. The summed E-state index contributed by atoms with van der Waals surface area (Å²) in [6.07, 6.45) is 0. The van der Waals surface area contributed by atoms with Crippen LogP contribution in [0.3, 0.4) is 0 Å². The van der Waals surface area contributed by atoms with Gasteiger partial charge in [0.25, 0.3) is 0 Å². The quantitative estimate of drug-likeness (QED) is 0.577. The minimum atomic E-state index is -0.232. The van der Waals surface area contributed by atoms with Gasteiger partial charge in [-0.05, 0) is 12.1 Å². The number of rotatable bonds is 3. The Labute approximate surface area is 86.4 Å². The molecule has 0 N–H and O–H groups in total. The summed E-state index contributed by atoms with van der Waals surface area (Å²) < 4.78 is 4.99. The van der Waals surface area contributed by atoms with Gasteiger partial charge in [-0.3, -0.25) is 4.79 Å². The van der Waals surface area contributed by atoms with Gasteiger partial charge in [0.2, 0.25) is 0 Å². The lowest BCUT2D eigenvalue weighted by molar-refractivity contribution is 0.101. The van der Waals surface area contributed by atoms with E-state index in [4.69, 9.17) is 27.9 Å². The molecule has 0 radical (unpaired) electrons. The van der Waals surface area contributed by atoms with Crippen LogP contribution in [-0.4, -0.2) is 18.8 Å². The van der Waals surface area contributed by atoms with E-state index in [0.717, 1.165) is 0 Å². The van der Waals surface area contributed by atoms with E-state index < -0.39 is 0 Å². The molecule has 1 aromatic carbocycles. The average Bonchev–Trinajstić information content (AvgIpc) is 2.16. The monoisotopic (exact) mass is 218 g/mol. The predicted octanol–water partition coefficient (Wildman–Crippen LogP) is 2.77. The van der Waals surface area contributed by atoms with Crippen molar-refractivity contribution >= 4 is 29.0 Å². The summed E-state index contributed by atoms with van der Waals surface area (Å²) >= 11 is 11.2. The van der Waals surface area contributed by atoms with Crippen LogP contribution in [0, 0.1) is 0 Å². The molecule has 0 bridgehead atoms. The zero-order chi connectivity index (χ0) is 9.84. The number of alkyl halides is 1. The second-order valence-corrected chi connectivity index (χ2v) is 3.05. The first-order valence-corrected chi connectivity index (χ1v) is 4.53. The Balaban J connectivity index is 3.22. The summed E-state index contributed by atoms with van der Waals surface area (Å²) in [5.41, 5.74) is 0.349. The van der Waals surface area contributed by atoms with E-state index >= 15 is 0 Å². The Bertz CT molecular complexity index is 323. The highest BCUT2D eigenvalue weighted by Crippen LogP contribution is 2.26. The van der Waals surface area contributed by atoms with Crippen molar-refractivity contribution < 1.29 is 9.53 Å². The fraction of sp³-hybridized carbons (Fsp3) is 0.222. The maximum absolute atomic E-state index is 11.3. The Kier molecular flexibility index (Phi) is 3.58. The molecule has 0 fully saturated rings. The summed E-state index contributed by atoms with van der Waals surface area (Å²) in [7, 11) is 1.48. The molecule has 0 saturated carbocycles. The molecule has 0 aromatic heterocycles. The zero-order valence-corrected chi connectivity index (χ0v) is 8.52. The number of halogens is 2. The lowest BCUT2D eigenvalue weighted by Crippen LogP contribution is -2.04. The lowest BCUT2D eigenvalue weighted by Gasteiger charge is -2.07. The highest BCUT2D eigenvalue weighted by molar-refractivity contribution is 6.37. The third-order valence-corrected chi connectivity index (χ3v) is 2.15. The summed E-state index contributed by atoms with van der Waals surface area (Å²) in [6, 6.07) is 5.02. The van der Waals surface area contributed by atoms with E-state index in [2.05, 4.69) is 0 Å². The van der Waals surface area contributed by atoms with Crippen molar-refractivity contribution in [2.24, 2.45) is 0 Å². The molecule has 4 heteroatoms. The van der Waals surface area contributed by atoms with Crippen molar-refractivity contribution in [1.82, 2.24) is 0 Å². The van der Waals surface area contributed by atoms with Gasteiger partial charge in [0.05, 0.1) is 23.6 Å². The first kappa shape index (κ1) is 10.4. The molecule has 0 aliphatic heterocycles. The van der Waals surface area contributed by atoms with Gasteiger partial charge in [0.15, 0.2) is 5.78 Å². The van der Waals surface area contributed by atoms with Crippen LogP contribution in [0.15, 0.2) is 18.2 Å². The molecule has 70 valence electrons. The van der Waals surface area contributed by atoms with E-state index in [1.54, 1.807) is 18.2 Å². The van der Waals surface area contributed by atoms with Crippen molar-refractivity contribution in [2.45, 2.75) is 0 Å². The number of Topliss-reactive ketones (excluding diaryl/α,β-unsaturated/α-hetero) is 1. The molecule has 0 amide bonds. The number of ketones is 1. The minimum absolute atomic E-state index is 0.0971. The SMILES string of the molecule is COc1cccc(Cl)c1C(=O)CCl. The number of methoxy groups -OCH3 is 1. The highest BCUT2D eigenvalue weighted by atomic mass is 35.5. The molecule has 0 saturated heterocycles. The number of hydrogen-bond donors (Lipinski definition) is 0. The molecule has 1 rings (SSSR count). The standard InChI is InChI=1S/C9H8Cl2O2/c1-13-8-4-2-3-6(11)9(8)7(12)5-10/h2-4H,5H2,1H3. The molecule has 0 spiro atoms. The number of carbonyl (C=O) groups excluding carboxylic acids is 1. The van der Waals surface area contributed by atoms with Crippen LogP contribution < -0.4 is 4.74 Å². The highest BCUT2D eigenvalue weighted by Gasteiger charge is 2.14. The van der Waals surface area contributed by atoms with Crippen molar-refractivity contribution in [1.29, 1.82) is 0 Å². The number of carbonyl (C=O) groups is 1. The van der Waals surface area contributed by atoms with Crippen LogP contribution in [0.5, 0.6) is 5.75 Å². The van der Waals surface area contributed by atoms with Gasteiger partial charge in [0, 0.05) is 0 Å². The van der Waals surface area contributed by atoms with Crippen molar-refractivity contribution in [3.8, 4) is 5.75 Å². The van der Waals surface area contributed by atoms with Gasteiger partial charge in [-0.1, -0.05) is 17.7 Å². The van der Waals surface area contributed by atoms with Crippen LogP contribution in [0.25, 0.3) is 0 Å². The smallest absolute Gasteiger partial charge is 0.182 e. The summed E-state index contributed by atoms with van der Waals surface area (Å²) in [5, 5.41) is 0.366. The summed E-state index contributed by atoms with van der Waals surface area (Å²) in [5.74, 6) is 0.127. The molecule has 1 aromatic rings. The molecule has 0 atom stereocenters. The van der Waals surface area contributed by atoms with Crippen molar-refractivity contribution in [3.05, 3.63) is 28.8 Å². The topological polar surface area (TPSA) is 26.3 Å². The molecule has 0 aliphatic rings. The summed E-state index contributed by atoms with van der Waals surface area (Å²) in [6.45, 7) is 0. The normalized spacial score (nSPS) is 9.77. The Hall–Kier alpha value is -0.730. The first-order valence-electron chi connectivity index (χ1n) is 3.62. The maximum atomic E-state index is 11.3. The fourth-order valence-electron chi connectivity index (χ4n) is 1.01.